The van der Waals surface area contributed by atoms with E-state index in [4.69, 9.17) is 16.3 Å². The summed E-state index contributed by atoms with van der Waals surface area (Å²) in [5.41, 5.74) is 1.22. The third-order valence-corrected chi connectivity index (χ3v) is 6.01. The monoisotopic (exact) mass is 435 g/mol. The first-order valence-corrected chi connectivity index (χ1v) is 11.2. The van der Waals surface area contributed by atoms with Crippen LogP contribution in [-0.2, 0) is 9.53 Å². The minimum Gasteiger partial charge on any atom is -0.379 e. The summed E-state index contributed by atoms with van der Waals surface area (Å²) in [5, 5.41) is 7.72. The van der Waals surface area contributed by atoms with Crippen molar-refractivity contribution in [2.75, 3.05) is 53.0 Å². The molecule has 2 heterocycles. The van der Waals surface area contributed by atoms with Gasteiger partial charge in [-0.1, -0.05) is 37.6 Å². The van der Waals surface area contributed by atoms with Crippen molar-refractivity contribution in [3.05, 3.63) is 34.9 Å². The van der Waals surface area contributed by atoms with Crippen LogP contribution < -0.4 is 10.6 Å². The second kappa shape index (κ2) is 11.0. The number of hydrogen-bond acceptors (Lipinski definition) is 4. The lowest BCUT2D eigenvalue weighted by molar-refractivity contribution is -0.133. The molecule has 2 aliphatic rings. The molecule has 2 atom stereocenters. The van der Waals surface area contributed by atoms with E-state index in [9.17, 15) is 4.79 Å². The number of ether oxygens (including phenoxy) is 1. The van der Waals surface area contributed by atoms with E-state index in [1.807, 2.05) is 30.9 Å². The molecule has 1 amide bonds. The van der Waals surface area contributed by atoms with Crippen LogP contribution in [0.25, 0.3) is 0 Å². The summed E-state index contributed by atoms with van der Waals surface area (Å²) < 4.78 is 5.53. The predicted octanol–water partition coefficient (Wildman–Crippen LogP) is 2.14. The highest BCUT2D eigenvalue weighted by atomic mass is 35.5. The standard InChI is InChI=1S/C22H34ClN5O2/c1-16(2)21(29)28-9-8-19(15-28)26-22(24-3)25-14-20(27-10-12-30-13-11-27)17-4-6-18(23)7-5-17/h4-7,16,19-20H,8-15H2,1-3H3,(H2,24,25,26). The average molecular weight is 436 g/mol. The van der Waals surface area contributed by atoms with Crippen LogP contribution in [0.3, 0.4) is 0 Å². The zero-order valence-electron chi connectivity index (χ0n) is 18.2. The Morgan fingerprint density at radius 1 is 1.23 bits per heavy atom. The third-order valence-electron chi connectivity index (χ3n) is 5.76. The summed E-state index contributed by atoms with van der Waals surface area (Å²) >= 11 is 6.09. The SMILES string of the molecule is CN=C(NCC(c1ccc(Cl)cc1)N1CCOCC1)NC1CCN(C(=O)C(C)C)C1. The summed E-state index contributed by atoms with van der Waals surface area (Å²) in [6.45, 7) is 9.44. The van der Waals surface area contributed by atoms with Gasteiger partial charge in [-0.05, 0) is 24.1 Å². The van der Waals surface area contributed by atoms with Crippen LogP contribution in [0.1, 0.15) is 31.9 Å². The van der Waals surface area contributed by atoms with Gasteiger partial charge in [0.25, 0.3) is 0 Å². The maximum absolute atomic E-state index is 12.2. The van der Waals surface area contributed by atoms with Crippen LogP contribution in [0.15, 0.2) is 29.3 Å². The van der Waals surface area contributed by atoms with Crippen LogP contribution in [0.4, 0.5) is 0 Å². The summed E-state index contributed by atoms with van der Waals surface area (Å²) in [6.07, 6.45) is 0.934. The van der Waals surface area contributed by atoms with Crippen LogP contribution in [0.5, 0.6) is 0 Å². The Morgan fingerprint density at radius 3 is 2.57 bits per heavy atom. The fourth-order valence-corrected chi connectivity index (χ4v) is 4.18. The van der Waals surface area contributed by atoms with Gasteiger partial charge in [-0.15, -0.1) is 0 Å². The van der Waals surface area contributed by atoms with Gasteiger partial charge in [0.1, 0.15) is 0 Å². The molecule has 166 valence electrons. The van der Waals surface area contributed by atoms with E-state index < -0.39 is 0 Å². The lowest BCUT2D eigenvalue weighted by Gasteiger charge is -2.35. The van der Waals surface area contributed by atoms with Gasteiger partial charge in [0.15, 0.2) is 5.96 Å². The van der Waals surface area contributed by atoms with Crippen molar-refractivity contribution in [1.82, 2.24) is 20.4 Å². The molecule has 2 fully saturated rings. The molecule has 0 radical (unpaired) electrons. The Balaban J connectivity index is 1.59. The Bertz CT molecular complexity index is 719. The molecule has 7 nitrogen and oxygen atoms in total. The molecule has 2 N–H and O–H groups in total. The molecule has 2 aliphatic heterocycles. The molecular weight excluding hydrogens is 402 g/mol. The Labute approximate surface area is 184 Å². The zero-order valence-corrected chi connectivity index (χ0v) is 19.0. The summed E-state index contributed by atoms with van der Waals surface area (Å²) in [7, 11) is 1.79. The van der Waals surface area contributed by atoms with Gasteiger partial charge < -0.3 is 20.3 Å². The zero-order chi connectivity index (χ0) is 21.5. The second-order valence-corrected chi connectivity index (χ2v) is 8.67. The lowest BCUT2D eigenvalue weighted by atomic mass is 10.0. The number of nitrogens with one attached hydrogen (secondary N) is 2. The highest BCUT2D eigenvalue weighted by Crippen LogP contribution is 2.23. The van der Waals surface area contributed by atoms with Gasteiger partial charge in [-0.25, -0.2) is 0 Å². The van der Waals surface area contributed by atoms with Crippen molar-refractivity contribution < 1.29 is 9.53 Å². The maximum Gasteiger partial charge on any atom is 0.225 e. The van der Waals surface area contributed by atoms with Crippen molar-refractivity contribution in [2.24, 2.45) is 10.9 Å². The molecule has 0 saturated carbocycles. The quantitative estimate of drug-likeness (QED) is 0.529. The van der Waals surface area contributed by atoms with Gasteiger partial charge >= 0.3 is 0 Å². The number of morpholine rings is 1. The molecule has 1 aromatic rings. The summed E-state index contributed by atoms with van der Waals surface area (Å²) in [5.74, 6) is 1.03. The highest BCUT2D eigenvalue weighted by molar-refractivity contribution is 6.30. The molecule has 2 unspecified atom stereocenters. The lowest BCUT2D eigenvalue weighted by Crippen LogP contribution is -2.49. The number of rotatable bonds is 6. The largest absolute Gasteiger partial charge is 0.379 e. The number of likely N-dealkylation sites (tertiary alicyclic amines) is 1. The van der Waals surface area contributed by atoms with Crippen molar-refractivity contribution in [1.29, 1.82) is 0 Å². The van der Waals surface area contributed by atoms with E-state index in [-0.39, 0.29) is 23.9 Å². The number of benzene rings is 1. The second-order valence-electron chi connectivity index (χ2n) is 8.24. The molecule has 3 rings (SSSR count). The van der Waals surface area contributed by atoms with E-state index in [0.29, 0.717) is 0 Å². The van der Waals surface area contributed by atoms with Crippen molar-refractivity contribution in [3.63, 3.8) is 0 Å². The van der Waals surface area contributed by atoms with Crippen LogP contribution >= 0.6 is 11.6 Å². The van der Waals surface area contributed by atoms with Crippen LogP contribution in [0, 0.1) is 5.92 Å². The van der Waals surface area contributed by atoms with E-state index in [1.165, 1.54) is 5.56 Å². The highest BCUT2D eigenvalue weighted by Gasteiger charge is 2.28. The normalized spacial score (nSPS) is 21.7. The molecule has 30 heavy (non-hydrogen) atoms. The molecule has 2 saturated heterocycles. The van der Waals surface area contributed by atoms with E-state index in [2.05, 4.69) is 32.7 Å². The topological polar surface area (TPSA) is 69.2 Å². The van der Waals surface area contributed by atoms with Crippen molar-refractivity contribution in [2.45, 2.75) is 32.4 Å². The van der Waals surface area contributed by atoms with Gasteiger partial charge in [0.2, 0.25) is 5.91 Å². The minimum absolute atomic E-state index is 0.0369. The Kier molecular flexibility index (Phi) is 8.36. The number of guanidine groups is 1. The number of amides is 1. The van der Waals surface area contributed by atoms with Crippen molar-refractivity contribution in [3.8, 4) is 0 Å². The molecular formula is C22H34ClN5O2. The molecule has 1 aromatic carbocycles. The molecule has 0 bridgehead atoms. The first-order valence-electron chi connectivity index (χ1n) is 10.8. The molecule has 0 aromatic heterocycles. The van der Waals surface area contributed by atoms with Gasteiger partial charge in [-0.3, -0.25) is 14.7 Å². The fraction of sp³-hybridized carbons (Fsp3) is 0.636. The minimum atomic E-state index is 0.0369. The number of hydrogen-bond donors (Lipinski definition) is 2. The molecule has 8 heteroatoms. The van der Waals surface area contributed by atoms with E-state index >= 15 is 0 Å². The first-order chi connectivity index (χ1) is 14.5. The van der Waals surface area contributed by atoms with Gasteiger partial charge in [0, 0.05) is 56.8 Å². The van der Waals surface area contributed by atoms with Crippen LogP contribution in [-0.4, -0.2) is 80.7 Å². The smallest absolute Gasteiger partial charge is 0.225 e. The van der Waals surface area contributed by atoms with E-state index in [1.54, 1.807) is 7.05 Å². The number of carbonyl (C=O) groups excluding carboxylic acids is 1. The fourth-order valence-electron chi connectivity index (χ4n) is 4.06. The average Bonchev–Trinajstić information content (AvgIpc) is 3.22. The van der Waals surface area contributed by atoms with Crippen LogP contribution in [0.2, 0.25) is 5.02 Å². The van der Waals surface area contributed by atoms with E-state index in [0.717, 1.165) is 63.3 Å². The van der Waals surface area contributed by atoms with Gasteiger partial charge in [-0.2, -0.15) is 0 Å². The number of nitrogens with zero attached hydrogens (tertiary/aromatic N) is 3. The number of halogens is 1. The Hall–Kier alpha value is -1.83. The van der Waals surface area contributed by atoms with Crippen molar-refractivity contribution >= 4 is 23.5 Å². The first kappa shape index (κ1) is 22.8. The molecule has 0 aliphatic carbocycles. The summed E-state index contributed by atoms with van der Waals surface area (Å²) in [6, 6.07) is 8.48. The van der Waals surface area contributed by atoms with Gasteiger partial charge in [0.05, 0.1) is 19.3 Å². The maximum atomic E-state index is 12.2. The number of aliphatic imine (C=N–C) groups is 1. The Morgan fingerprint density at radius 2 is 1.93 bits per heavy atom. The predicted molar refractivity (Wildman–Crippen MR) is 121 cm³/mol. The summed E-state index contributed by atoms with van der Waals surface area (Å²) in [4.78, 5) is 21.0. The number of carbonyl (C=O) groups is 1. The molecule has 0 spiro atoms. The third kappa shape index (κ3) is 6.09.